The lowest BCUT2D eigenvalue weighted by Gasteiger charge is -2.36. The van der Waals surface area contributed by atoms with Crippen LogP contribution in [-0.2, 0) is 12.2 Å². The number of aromatic amines is 1. The van der Waals surface area contributed by atoms with Gasteiger partial charge in [0.05, 0.1) is 5.02 Å². The monoisotopic (exact) mass is 482 g/mol. The molecule has 2 N–H and O–H groups in total. The van der Waals surface area contributed by atoms with Crippen molar-refractivity contribution < 1.29 is 9.84 Å². The van der Waals surface area contributed by atoms with Gasteiger partial charge in [0, 0.05) is 29.4 Å². The molecule has 4 aromatic rings. The molecule has 6 heteroatoms. The van der Waals surface area contributed by atoms with Crippen LogP contribution in [0, 0.1) is 5.92 Å². The van der Waals surface area contributed by atoms with Gasteiger partial charge in [-0.15, -0.1) is 0 Å². The van der Waals surface area contributed by atoms with Crippen molar-refractivity contribution in [3.05, 3.63) is 111 Å². The van der Waals surface area contributed by atoms with Gasteiger partial charge < -0.3 is 14.8 Å². The van der Waals surface area contributed by atoms with E-state index < -0.39 is 5.60 Å². The number of H-pyrrole nitrogens is 1. The van der Waals surface area contributed by atoms with E-state index in [4.69, 9.17) is 16.3 Å². The Hall–Kier alpha value is -3.67. The third-order valence-corrected chi connectivity index (χ3v) is 7.28. The quantitative estimate of drug-likeness (QED) is 0.351. The van der Waals surface area contributed by atoms with E-state index in [0.717, 1.165) is 34.1 Å². The number of ether oxygens (including phenoxy) is 1. The second-order valence-electron chi connectivity index (χ2n) is 9.21. The standard InChI is InChI=1S/C29H23ClN2O3/c1-17-9-10-31-15-24(17)29(34)20-6-8-26-23(12-20)22(14-28(33)32-26)19-4-2-3-18(11-19)16-35-27-13-21(29)5-7-25(27)30/h2-8,10-15,17,34H,9,16H2,1H3,(H,32,33). The van der Waals surface area contributed by atoms with E-state index in [1.165, 1.54) is 0 Å². The van der Waals surface area contributed by atoms with Gasteiger partial charge in [-0.1, -0.05) is 48.9 Å². The summed E-state index contributed by atoms with van der Waals surface area (Å²) in [6, 6.07) is 20.6. The van der Waals surface area contributed by atoms with Crippen molar-refractivity contribution in [1.82, 2.24) is 4.98 Å². The molecule has 6 rings (SSSR count). The minimum atomic E-state index is -1.48. The summed E-state index contributed by atoms with van der Waals surface area (Å²) in [6.07, 6.45) is 4.34. The lowest BCUT2D eigenvalue weighted by atomic mass is 9.74. The highest BCUT2D eigenvalue weighted by atomic mass is 35.5. The van der Waals surface area contributed by atoms with Crippen LogP contribution in [0.4, 0.5) is 0 Å². The van der Waals surface area contributed by atoms with E-state index in [2.05, 4.69) is 16.9 Å². The summed E-state index contributed by atoms with van der Waals surface area (Å²) >= 11 is 6.51. The lowest BCUT2D eigenvalue weighted by molar-refractivity contribution is 0.109. The van der Waals surface area contributed by atoms with Crippen LogP contribution in [0.2, 0.25) is 5.02 Å². The topological polar surface area (TPSA) is 74.7 Å². The highest BCUT2D eigenvalue weighted by Crippen LogP contribution is 2.45. The van der Waals surface area contributed by atoms with Crippen LogP contribution in [0.15, 0.2) is 88.3 Å². The molecule has 2 unspecified atom stereocenters. The Morgan fingerprint density at radius 1 is 1.09 bits per heavy atom. The molecule has 174 valence electrons. The van der Waals surface area contributed by atoms with E-state index in [9.17, 15) is 9.90 Å². The van der Waals surface area contributed by atoms with Gasteiger partial charge >= 0.3 is 0 Å². The molecule has 6 bridgehead atoms. The van der Waals surface area contributed by atoms with Crippen molar-refractivity contribution in [3.8, 4) is 16.9 Å². The van der Waals surface area contributed by atoms with Crippen molar-refractivity contribution in [1.29, 1.82) is 0 Å². The van der Waals surface area contributed by atoms with Crippen LogP contribution in [0.3, 0.4) is 0 Å². The predicted molar refractivity (Wildman–Crippen MR) is 139 cm³/mol. The van der Waals surface area contributed by atoms with E-state index >= 15 is 0 Å². The fourth-order valence-electron chi connectivity index (χ4n) is 5.10. The van der Waals surface area contributed by atoms with Gasteiger partial charge in [0.15, 0.2) is 0 Å². The molecule has 1 aromatic heterocycles. The molecule has 0 saturated carbocycles. The van der Waals surface area contributed by atoms with Gasteiger partial charge in [-0.25, -0.2) is 0 Å². The van der Waals surface area contributed by atoms with Gasteiger partial charge in [0.2, 0.25) is 5.56 Å². The molecule has 0 saturated heterocycles. The van der Waals surface area contributed by atoms with Crippen LogP contribution in [-0.4, -0.2) is 16.3 Å². The number of fused-ring (bicyclic) bond motifs is 6. The number of hydrogen-bond acceptors (Lipinski definition) is 4. The summed E-state index contributed by atoms with van der Waals surface area (Å²) in [5.74, 6) is 0.558. The molecular formula is C29H23ClN2O3. The molecule has 0 aliphatic carbocycles. The molecule has 2 aliphatic heterocycles. The summed E-state index contributed by atoms with van der Waals surface area (Å²) in [5, 5.41) is 13.9. The average Bonchev–Trinajstić information content (AvgIpc) is 2.87. The summed E-state index contributed by atoms with van der Waals surface area (Å²) < 4.78 is 6.13. The number of pyridine rings is 1. The summed E-state index contributed by atoms with van der Waals surface area (Å²) in [7, 11) is 0. The SMILES string of the molecule is CC1CC=NC=C1C1(O)c2ccc(Cl)c(c2)OCc2cccc(c2)-c2cc(=O)[nH]c3ccc1cc23. The zero-order chi connectivity index (χ0) is 24.2. The number of benzene rings is 3. The third kappa shape index (κ3) is 3.59. The van der Waals surface area contributed by atoms with Crippen molar-refractivity contribution in [2.24, 2.45) is 10.9 Å². The van der Waals surface area contributed by atoms with Crippen LogP contribution >= 0.6 is 11.6 Å². The summed E-state index contributed by atoms with van der Waals surface area (Å²) in [4.78, 5) is 19.8. The van der Waals surface area contributed by atoms with Gasteiger partial charge in [0.1, 0.15) is 18.0 Å². The maximum absolute atomic E-state index is 12.6. The van der Waals surface area contributed by atoms with Crippen LogP contribution < -0.4 is 10.3 Å². The summed E-state index contributed by atoms with van der Waals surface area (Å²) in [6.45, 7) is 2.38. The Bertz CT molecular complexity index is 1600. The Labute approximate surface area is 207 Å². The molecule has 0 amide bonds. The number of nitrogens with zero attached hydrogens (tertiary/aromatic N) is 1. The number of aromatic nitrogens is 1. The average molecular weight is 483 g/mol. The number of aliphatic imine (C=N–C) groups is 1. The molecule has 2 aliphatic rings. The maximum Gasteiger partial charge on any atom is 0.249 e. The Kier molecular flexibility index (Phi) is 5.13. The number of rotatable bonds is 1. The number of aliphatic hydroxyl groups is 1. The molecule has 5 nitrogen and oxygen atoms in total. The van der Waals surface area contributed by atoms with Gasteiger partial charge in [-0.2, -0.15) is 0 Å². The second-order valence-corrected chi connectivity index (χ2v) is 9.61. The van der Waals surface area contributed by atoms with Crippen molar-refractivity contribution in [2.45, 2.75) is 25.6 Å². The van der Waals surface area contributed by atoms with E-state index in [0.29, 0.717) is 34.0 Å². The first-order valence-electron chi connectivity index (χ1n) is 11.6. The number of hydrogen-bond donors (Lipinski definition) is 2. The Balaban J connectivity index is 1.73. The van der Waals surface area contributed by atoms with E-state index in [1.54, 1.807) is 18.3 Å². The minimum absolute atomic E-state index is 0.0639. The second kappa shape index (κ2) is 8.22. The molecule has 0 radical (unpaired) electrons. The molecule has 3 aromatic carbocycles. The molecule has 2 atom stereocenters. The molecule has 0 spiro atoms. The molecule has 35 heavy (non-hydrogen) atoms. The third-order valence-electron chi connectivity index (χ3n) is 6.97. The number of nitrogens with one attached hydrogen (secondary N) is 1. The zero-order valence-electron chi connectivity index (χ0n) is 19.1. The Morgan fingerprint density at radius 2 is 1.91 bits per heavy atom. The maximum atomic E-state index is 12.6. The van der Waals surface area contributed by atoms with E-state index in [-0.39, 0.29) is 11.5 Å². The first-order chi connectivity index (χ1) is 16.9. The zero-order valence-corrected chi connectivity index (χ0v) is 19.8. The minimum Gasteiger partial charge on any atom is -0.487 e. The van der Waals surface area contributed by atoms with Crippen molar-refractivity contribution in [3.63, 3.8) is 0 Å². The Morgan fingerprint density at radius 3 is 2.77 bits per heavy atom. The van der Waals surface area contributed by atoms with E-state index in [1.807, 2.05) is 60.8 Å². The first kappa shape index (κ1) is 21.8. The normalized spacial score (nSPS) is 21.0. The van der Waals surface area contributed by atoms with Crippen LogP contribution in [0.25, 0.3) is 22.0 Å². The van der Waals surface area contributed by atoms with Crippen LogP contribution in [0.5, 0.6) is 5.75 Å². The van der Waals surface area contributed by atoms with Gasteiger partial charge in [-0.05, 0) is 76.1 Å². The highest BCUT2D eigenvalue weighted by Gasteiger charge is 2.40. The lowest BCUT2D eigenvalue weighted by Crippen LogP contribution is -2.34. The number of halogens is 1. The van der Waals surface area contributed by atoms with Crippen molar-refractivity contribution in [2.75, 3.05) is 0 Å². The first-order valence-corrected chi connectivity index (χ1v) is 12.0. The predicted octanol–water partition coefficient (Wildman–Crippen LogP) is 5.97. The van der Waals surface area contributed by atoms with Gasteiger partial charge in [-0.3, -0.25) is 9.79 Å². The summed E-state index contributed by atoms with van der Waals surface area (Å²) in [5.41, 5.74) is 3.79. The smallest absolute Gasteiger partial charge is 0.249 e. The fraction of sp³-hybridized carbons (Fsp3) is 0.172. The highest BCUT2D eigenvalue weighted by molar-refractivity contribution is 6.32. The molecular weight excluding hydrogens is 460 g/mol. The largest absolute Gasteiger partial charge is 0.487 e. The van der Waals surface area contributed by atoms with Crippen molar-refractivity contribution >= 4 is 28.7 Å². The van der Waals surface area contributed by atoms with Gasteiger partial charge in [0.25, 0.3) is 0 Å². The van der Waals surface area contributed by atoms with Crippen LogP contribution in [0.1, 0.15) is 30.0 Å². The molecule has 0 fully saturated rings. The molecule has 3 heterocycles. The fourth-order valence-corrected chi connectivity index (χ4v) is 5.27.